The number of hydrogen-bond donors (Lipinski definition) is 1. The number of methoxy groups -OCH3 is 1. The standard InChI is InChI=1S/C10H15FN2O3/c1-4-5-6-9(13(14)15)10(12-2)8(11)7-16-3/h5-7,12H,4H2,1-3H3/b6-5-,8-7-,10-9-. The molecule has 0 unspecified atom stereocenters. The highest BCUT2D eigenvalue weighted by Crippen LogP contribution is 2.15. The molecule has 6 heteroatoms. The highest BCUT2D eigenvalue weighted by atomic mass is 19.1. The summed E-state index contributed by atoms with van der Waals surface area (Å²) in [4.78, 5) is 10.1. The first-order chi connectivity index (χ1) is 7.58. The summed E-state index contributed by atoms with van der Waals surface area (Å²) in [5.41, 5.74) is -0.549. The van der Waals surface area contributed by atoms with Gasteiger partial charge in [0, 0.05) is 13.1 Å². The number of allylic oxidation sites excluding steroid dienone is 3. The van der Waals surface area contributed by atoms with Crippen molar-refractivity contribution in [3.05, 3.63) is 45.7 Å². The van der Waals surface area contributed by atoms with E-state index < -0.39 is 10.8 Å². The maximum absolute atomic E-state index is 13.4. The van der Waals surface area contributed by atoms with E-state index in [0.29, 0.717) is 6.42 Å². The number of nitrogens with one attached hydrogen (secondary N) is 1. The van der Waals surface area contributed by atoms with Gasteiger partial charge in [0.1, 0.15) is 6.26 Å². The van der Waals surface area contributed by atoms with Gasteiger partial charge in [-0.1, -0.05) is 13.0 Å². The molecule has 0 rings (SSSR count). The molecule has 0 fully saturated rings. The van der Waals surface area contributed by atoms with E-state index in [1.807, 2.05) is 6.92 Å². The van der Waals surface area contributed by atoms with Crippen LogP contribution in [0.2, 0.25) is 0 Å². The highest BCUT2D eigenvalue weighted by molar-refractivity contribution is 5.30. The Bertz CT molecular complexity index is 335. The SMILES string of the molecule is CC\C=C/C(=C(NC)\C(F)=C\OC)[N+](=O)[O-]. The molecule has 0 aromatic heterocycles. The Morgan fingerprint density at radius 2 is 2.25 bits per heavy atom. The first-order valence-corrected chi connectivity index (χ1v) is 4.70. The van der Waals surface area contributed by atoms with Crippen molar-refractivity contribution >= 4 is 0 Å². The van der Waals surface area contributed by atoms with E-state index in [2.05, 4.69) is 10.1 Å². The van der Waals surface area contributed by atoms with Crippen molar-refractivity contribution in [3.63, 3.8) is 0 Å². The minimum absolute atomic E-state index is 0.212. The molecule has 1 N–H and O–H groups in total. The number of likely N-dealkylation sites (N-methyl/N-ethyl adjacent to an activating group) is 1. The van der Waals surface area contributed by atoms with Crippen LogP contribution in [0.1, 0.15) is 13.3 Å². The molecule has 0 aromatic carbocycles. The number of hydrogen-bond acceptors (Lipinski definition) is 4. The summed E-state index contributed by atoms with van der Waals surface area (Å²) in [6.07, 6.45) is 4.27. The van der Waals surface area contributed by atoms with Crippen molar-refractivity contribution in [3.8, 4) is 0 Å². The van der Waals surface area contributed by atoms with Crippen LogP contribution in [0, 0.1) is 10.1 Å². The van der Waals surface area contributed by atoms with Gasteiger partial charge >= 0.3 is 0 Å². The molecule has 0 amide bonds. The molecule has 0 radical (unpaired) electrons. The predicted octanol–water partition coefficient (Wildman–Crippen LogP) is 2.12. The zero-order valence-electron chi connectivity index (χ0n) is 9.49. The monoisotopic (exact) mass is 230 g/mol. The Hall–Kier alpha value is -1.85. The Labute approximate surface area is 93.4 Å². The third-order valence-corrected chi connectivity index (χ3v) is 1.67. The molecule has 0 saturated heterocycles. The van der Waals surface area contributed by atoms with Gasteiger partial charge in [-0.3, -0.25) is 10.1 Å². The molecule has 90 valence electrons. The van der Waals surface area contributed by atoms with E-state index in [9.17, 15) is 14.5 Å². The summed E-state index contributed by atoms with van der Waals surface area (Å²) >= 11 is 0. The first kappa shape index (κ1) is 14.2. The largest absolute Gasteiger partial charge is 0.501 e. The van der Waals surface area contributed by atoms with Crippen LogP contribution in [-0.2, 0) is 4.74 Å². The number of nitro groups is 1. The van der Waals surface area contributed by atoms with Crippen LogP contribution in [0.25, 0.3) is 0 Å². The lowest BCUT2D eigenvalue weighted by Crippen LogP contribution is -2.13. The van der Waals surface area contributed by atoms with E-state index in [1.165, 1.54) is 20.2 Å². The Balaban J connectivity index is 5.41. The number of halogens is 1. The maximum atomic E-state index is 13.4. The molecule has 0 saturated carbocycles. The van der Waals surface area contributed by atoms with Crippen LogP contribution in [0.15, 0.2) is 35.6 Å². The lowest BCUT2D eigenvalue weighted by molar-refractivity contribution is -0.420. The number of nitrogens with zero attached hydrogens (tertiary/aromatic N) is 1. The average molecular weight is 230 g/mol. The van der Waals surface area contributed by atoms with Crippen LogP contribution >= 0.6 is 0 Å². The molecule has 0 aliphatic carbocycles. The second-order valence-corrected chi connectivity index (χ2v) is 2.78. The second kappa shape index (κ2) is 7.44. The van der Waals surface area contributed by atoms with Gasteiger partial charge in [-0.05, 0) is 6.42 Å². The molecule has 16 heavy (non-hydrogen) atoms. The summed E-state index contributed by atoms with van der Waals surface area (Å²) in [5.74, 6) is -0.822. The normalized spacial score (nSPS) is 13.6. The average Bonchev–Trinajstić information content (AvgIpc) is 2.23. The predicted molar refractivity (Wildman–Crippen MR) is 58.7 cm³/mol. The third-order valence-electron chi connectivity index (χ3n) is 1.67. The molecule has 0 aromatic rings. The third kappa shape index (κ3) is 4.12. The minimum atomic E-state index is -0.822. The first-order valence-electron chi connectivity index (χ1n) is 4.70. The summed E-state index contributed by atoms with van der Waals surface area (Å²) in [5, 5.41) is 13.2. The molecule has 0 atom stereocenters. The van der Waals surface area contributed by atoms with Gasteiger partial charge < -0.3 is 10.1 Å². The molecule has 0 heterocycles. The van der Waals surface area contributed by atoms with Gasteiger partial charge in [0.15, 0.2) is 11.5 Å². The fourth-order valence-corrected chi connectivity index (χ4v) is 0.997. The fourth-order valence-electron chi connectivity index (χ4n) is 0.997. The fraction of sp³-hybridized carbons (Fsp3) is 0.400. The van der Waals surface area contributed by atoms with E-state index in [1.54, 1.807) is 6.08 Å². The highest BCUT2D eigenvalue weighted by Gasteiger charge is 2.18. The molecular weight excluding hydrogens is 215 g/mol. The van der Waals surface area contributed by atoms with Gasteiger partial charge in [-0.25, -0.2) is 4.39 Å². The van der Waals surface area contributed by atoms with E-state index in [4.69, 9.17) is 0 Å². The summed E-state index contributed by atoms with van der Waals surface area (Å²) < 4.78 is 17.8. The van der Waals surface area contributed by atoms with Gasteiger partial charge in [-0.15, -0.1) is 0 Å². The maximum Gasteiger partial charge on any atom is 0.295 e. The molecule has 0 aliphatic rings. The van der Waals surface area contributed by atoms with E-state index >= 15 is 0 Å². The zero-order valence-corrected chi connectivity index (χ0v) is 9.49. The smallest absolute Gasteiger partial charge is 0.295 e. The van der Waals surface area contributed by atoms with Gasteiger partial charge in [-0.2, -0.15) is 0 Å². The molecule has 0 spiro atoms. The second-order valence-electron chi connectivity index (χ2n) is 2.78. The van der Waals surface area contributed by atoms with Crippen molar-refractivity contribution in [1.29, 1.82) is 0 Å². The lowest BCUT2D eigenvalue weighted by atomic mass is 10.2. The Kier molecular flexibility index (Phi) is 6.58. The van der Waals surface area contributed by atoms with Crippen LogP contribution in [0.3, 0.4) is 0 Å². The molecular formula is C10H15FN2O3. The molecule has 0 aliphatic heterocycles. The summed E-state index contributed by atoms with van der Waals surface area (Å²) in [7, 11) is 2.67. The van der Waals surface area contributed by atoms with E-state index in [0.717, 1.165) is 6.26 Å². The van der Waals surface area contributed by atoms with Crippen molar-refractivity contribution in [1.82, 2.24) is 5.32 Å². The topological polar surface area (TPSA) is 64.4 Å². The summed E-state index contributed by atoms with van der Waals surface area (Å²) in [6, 6.07) is 0. The van der Waals surface area contributed by atoms with Gasteiger partial charge in [0.2, 0.25) is 0 Å². The van der Waals surface area contributed by atoms with Crippen molar-refractivity contribution in [2.75, 3.05) is 14.2 Å². The summed E-state index contributed by atoms with van der Waals surface area (Å²) in [6.45, 7) is 1.83. The van der Waals surface area contributed by atoms with Gasteiger partial charge in [0.05, 0.1) is 12.0 Å². The van der Waals surface area contributed by atoms with E-state index in [-0.39, 0.29) is 11.4 Å². The van der Waals surface area contributed by atoms with Crippen LogP contribution < -0.4 is 5.32 Å². The minimum Gasteiger partial charge on any atom is -0.501 e. The van der Waals surface area contributed by atoms with Crippen molar-refractivity contribution < 1.29 is 14.1 Å². The number of ether oxygens (including phenoxy) is 1. The van der Waals surface area contributed by atoms with Crippen molar-refractivity contribution in [2.24, 2.45) is 0 Å². The Morgan fingerprint density at radius 3 is 2.62 bits per heavy atom. The quantitative estimate of drug-likeness (QED) is 0.328. The van der Waals surface area contributed by atoms with Gasteiger partial charge in [0.25, 0.3) is 5.70 Å². The van der Waals surface area contributed by atoms with Crippen LogP contribution in [0.5, 0.6) is 0 Å². The molecule has 5 nitrogen and oxygen atoms in total. The Morgan fingerprint density at radius 1 is 1.62 bits per heavy atom. The number of rotatable bonds is 6. The zero-order chi connectivity index (χ0) is 12.6. The van der Waals surface area contributed by atoms with Crippen LogP contribution in [-0.4, -0.2) is 19.1 Å². The van der Waals surface area contributed by atoms with Crippen molar-refractivity contribution in [2.45, 2.75) is 13.3 Å². The lowest BCUT2D eigenvalue weighted by Gasteiger charge is -2.03. The van der Waals surface area contributed by atoms with Crippen LogP contribution in [0.4, 0.5) is 4.39 Å². The molecule has 0 bridgehead atoms.